The third kappa shape index (κ3) is 3610. The van der Waals surface area contributed by atoms with Crippen LogP contribution in [-0.4, -0.2) is 37.8 Å². The maximum atomic E-state index is 9.04. The summed E-state index contributed by atoms with van der Waals surface area (Å²) >= 11 is 7.52. The Bertz CT molecular complexity index is 78.6. The maximum Gasteiger partial charge on any atom is 2.00 e. The van der Waals surface area contributed by atoms with Crippen molar-refractivity contribution >= 4 is 63.0 Å². The van der Waals surface area contributed by atoms with Crippen molar-refractivity contribution < 1.29 is 9.59 Å². The first-order chi connectivity index (χ1) is 3.46. The van der Waals surface area contributed by atoms with Crippen molar-refractivity contribution in [1.29, 1.82) is 0 Å². The van der Waals surface area contributed by atoms with Crippen molar-refractivity contribution in [3.8, 4) is 0 Å². The maximum absolute atomic E-state index is 9.04. The Morgan fingerprint density at radius 3 is 1.00 bits per heavy atom. The van der Waals surface area contributed by atoms with E-state index in [1.54, 1.807) is 0 Å². The van der Waals surface area contributed by atoms with Gasteiger partial charge in [-0.3, -0.25) is 0 Å². The molecule has 0 aromatic rings. The molecule has 50 valence electrons. The van der Waals surface area contributed by atoms with Crippen LogP contribution < -0.4 is 11.5 Å². The Morgan fingerprint density at radius 2 is 1.00 bits per heavy atom. The van der Waals surface area contributed by atoms with Crippen molar-refractivity contribution in [3.63, 3.8) is 0 Å². The van der Waals surface area contributed by atoms with E-state index in [4.69, 9.17) is 9.59 Å². The molecule has 0 aliphatic carbocycles. The van der Waals surface area contributed by atoms with E-state index in [1.807, 2.05) is 0 Å². The van der Waals surface area contributed by atoms with E-state index >= 15 is 0 Å². The smallest absolute Gasteiger partial charge is 0.719 e. The van der Waals surface area contributed by atoms with Crippen LogP contribution in [0, 0.1) is 0 Å². The SMILES string of the molecule is NC(=O)[S-].NC(=O)[S-].[Pb+2]. The van der Waals surface area contributed by atoms with Gasteiger partial charge in [-0.05, 0) is 0 Å². The fraction of sp³-hybridized carbons (Fsp3) is 0. The fourth-order valence-corrected chi connectivity index (χ4v) is 0. The second-order valence-corrected chi connectivity index (χ2v) is 1.44. The van der Waals surface area contributed by atoms with Gasteiger partial charge in [0.2, 0.25) is 0 Å². The fourth-order valence-electron chi connectivity index (χ4n) is 0. The van der Waals surface area contributed by atoms with Crippen LogP contribution in [-0.2, 0) is 25.3 Å². The van der Waals surface area contributed by atoms with Gasteiger partial charge < -0.3 is 46.3 Å². The van der Waals surface area contributed by atoms with Gasteiger partial charge >= 0.3 is 27.3 Å². The molecule has 0 aliphatic rings. The predicted molar refractivity (Wildman–Crippen MR) is 39.7 cm³/mol. The normalized spacial score (nSPS) is 5.33. The standard InChI is InChI=1S/2CH3NOS.Pb/c2*2-1(3)4;/h2*(H3,2,3,4);/q;;+2/p-2. The van der Waals surface area contributed by atoms with Crippen LogP contribution >= 0.6 is 0 Å². The van der Waals surface area contributed by atoms with Crippen molar-refractivity contribution in [3.05, 3.63) is 0 Å². The molecular formula is C2H4N2O2PbS2. The zero-order valence-corrected chi connectivity index (χ0v) is 9.81. The molecule has 0 bridgehead atoms. The summed E-state index contributed by atoms with van der Waals surface area (Å²) in [6.07, 6.45) is 0. The molecule has 2 amide bonds. The molecule has 0 aliphatic heterocycles. The molecule has 0 saturated heterocycles. The molecule has 0 unspecified atom stereocenters. The van der Waals surface area contributed by atoms with E-state index in [0.29, 0.717) is 0 Å². The molecule has 4 nitrogen and oxygen atoms in total. The molecule has 0 aromatic heterocycles. The Hall–Kier alpha value is 0.302. The zero-order valence-electron chi connectivity index (χ0n) is 4.29. The first-order valence-electron chi connectivity index (χ1n) is 1.39. The predicted octanol–water partition coefficient (Wildman–Crippen LogP) is -1.16. The number of hydrogen-bond acceptors (Lipinski definition) is 4. The monoisotopic (exact) mass is 360 g/mol. The van der Waals surface area contributed by atoms with Crippen LogP contribution in [0.4, 0.5) is 9.59 Å². The summed E-state index contributed by atoms with van der Waals surface area (Å²) in [5.74, 6) is 0. The summed E-state index contributed by atoms with van der Waals surface area (Å²) < 4.78 is 0. The molecule has 0 atom stereocenters. The topological polar surface area (TPSA) is 86.2 Å². The van der Waals surface area contributed by atoms with Crippen LogP contribution in [0.1, 0.15) is 0 Å². The van der Waals surface area contributed by atoms with Gasteiger partial charge in [0.05, 0.1) is 10.5 Å². The van der Waals surface area contributed by atoms with Crippen molar-refractivity contribution in [2.24, 2.45) is 11.5 Å². The van der Waals surface area contributed by atoms with Crippen molar-refractivity contribution in [2.45, 2.75) is 0 Å². The minimum absolute atomic E-state index is 0. The number of primary amides is 2. The largest absolute Gasteiger partial charge is 2.00 e. The Kier molecular flexibility index (Phi) is 20.0. The molecular weight excluding hydrogens is 355 g/mol. The number of carbonyl (C=O) groups excluding carboxylic acids is 2. The van der Waals surface area contributed by atoms with Gasteiger partial charge in [-0.2, -0.15) is 0 Å². The third-order valence-corrected chi connectivity index (χ3v) is 0. The van der Waals surface area contributed by atoms with Crippen LogP contribution in [0.5, 0.6) is 0 Å². The van der Waals surface area contributed by atoms with Crippen LogP contribution in [0.25, 0.3) is 0 Å². The second-order valence-electron chi connectivity index (χ2n) is 0.638. The van der Waals surface area contributed by atoms with Crippen LogP contribution in [0.2, 0.25) is 0 Å². The second kappa shape index (κ2) is 11.1. The van der Waals surface area contributed by atoms with E-state index in [1.165, 1.54) is 0 Å². The van der Waals surface area contributed by atoms with E-state index in [9.17, 15) is 0 Å². The molecule has 7 heteroatoms. The van der Waals surface area contributed by atoms with E-state index in [0.717, 1.165) is 0 Å². The average molecular weight is 359 g/mol. The van der Waals surface area contributed by atoms with Gasteiger partial charge in [0, 0.05) is 0 Å². The van der Waals surface area contributed by atoms with Gasteiger partial charge in [0.1, 0.15) is 0 Å². The van der Waals surface area contributed by atoms with Crippen molar-refractivity contribution in [1.82, 2.24) is 0 Å². The minimum atomic E-state index is -0.750. The molecule has 0 rings (SSSR count). The molecule has 0 aromatic carbocycles. The quantitative estimate of drug-likeness (QED) is 0.422. The average Bonchev–Trinajstić information content (AvgIpc) is 1.25. The molecule has 9 heavy (non-hydrogen) atoms. The summed E-state index contributed by atoms with van der Waals surface area (Å²) in [6.45, 7) is 0. The third-order valence-electron chi connectivity index (χ3n) is 0. The van der Waals surface area contributed by atoms with Crippen LogP contribution in [0.3, 0.4) is 0 Å². The molecule has 0 saturated carbocycles. The van der Waals surface area contributed by atoms with E-state index in [-0.39, 0.29) is 27.3 Å². The number of rotatable bonds is 0. The first-order valence-corrected chi connectivity index (χ1v) is 2.21. The summed E-state index contributed by atoms with van der Waals surface area (Å²) in [5.41, 5.74) is 8.57. The number of carbonyl (C=O) groups is 2. The van der Waals surface area contributed by atoms with Crippen LogP contribution in [0.15, 0.2) is 0 Å². The molecule has 4 N–H and O–H groups in total. The van der Waals surface area contributed by atoms with E-state index < -0.39 is 10.5 Å². The summed E-state index contributed by atoms with van der Waals surface area (Å²) in [4.78, 5) is 18.1. The van der Waals surface area contributed by atoms with E-state index in [2.05, 4.69) is 36.7 Å². The number of hydrogen-bond donors (Lipinski definition) is 2. The van der Waals surface area contributed by atoms with Gasteiger partial charge in [-0.15, -0.1) is 0 Å². The van der Waals surface area contributed by atoms with Crippen molar-refractivity contribution in [2.75, 3.05) is 0 Å². The van der Waals surface area contributed by atoms with Gasteiger partial charge in [-0.1, -0.05) is 0 Å². The van der Waals surface area contributed by atoms with Gasteiger partial charge in [0.25, 0.3) is 0 Å². The Balaban J connectivity index is -0.0000000720. The van der Waals surface area contributed by atoms with Gasteiger partial charge in [0.15, 0.2) is 0 Å². The molecule has 0 fully saturated rings. The molecule has 0 spiro atoms. The number of amides is 2. The Labute approximate surface area is 83.7 Å². The number of nitrogens with two attached hydrogens (primary N) is 2. The molecule has 0 heterocycles. The summed E-state index contributed by atoms with van der Waals surface area (Å²) in [5, 5.41) is -1.50. The summed E-state index contributed by atoms with van der Waals surface area (Å²) in [7, 11) is 0. The summed E-state index contributed by atoms with van der Waals surface area (Å²) in [6, 6.07) is 0. The minimum Gasteiger partial charge on any atom is -0.719 e. The van der Waals surface area contributed by atoms with Gasteiger partial charge in [-0.25, -0.2) is 0 Å². The molecule has 2 radical (unpaired) electrons. The first kappa shape index (κ1) is 16.1. The Morgan fingerprint density at radius 1 is 1.00 bits per heavy atom. The zero-order chi connectivity index (χ0) is 7.15.